The first-order valence-electron chi connectivity index (χ1n) is 7.08. The van der Waals surface area contributed by atoms with Gasteiger partial charge < -0.3 is 19.9 Å². The predicted octanol–water partition coefficient (Wildman–Crippen LogP) is 2.97. The molecule has 112 valence electrons. The number of methoxy groups -OCH3 is 3. The molecule has 0 bridgehead atoms. The maximum atomic E-state index is 6.41. The molecule has 1 aromatic carbocycles. The van der Waals surface area contributed by atoms with Crippen LogP contribution in [0.5, 0.6) is 11.5 Å². The number of hydrogen-bond acceptors (Lipinski definition) is 4. The standard InChI is InChI=1S/C16H25NO3/c1-11-8-14(18-2)15(19-3)9-12(11)13(17)10-16(20-4)6-5-7-16/h8-9,13H,5-7,10,17H2,1-4H3. The summed E-state index contributed by atoms with van der Waals surface area (Å²) in [6, 6.07) is 3.92. The number of rotatable bonds is 6. The summed E-state index contributed by atoms with van der Waals surface area (Å²) in [6.07, 6.45) is 4.28. The van der Waals surface area contributed by atoms with Crippen molar-refractivity contribution >= 4 is 0 Å². The van der Waals surface area contributed by atoms with Gasteiger partial charge in [-0.3, -0.25) is 0 Å². The highest BCUT2D eigenvalue weighted by atomic mass is 16.5. The van der Waals surface area contributed by atoms with Gasteiger partial charge in [-0.1, -0.05) is 0 Å². The summed E-state index contributed by atoms with van der Waals surface area (Å²) >= 11 is 0. The van der Waals surface area contributed by atoms with Gasteiger partial charge in [0.15, 0.2) is 11.5 Å². The van der Waals surface area contributed by atoms with Crippen LogP contribution in [0.15, 0.2) is 12.1 Å². The molecule has 0 aromatic heterocycles. The molecule has 1 unspecified atom stereocenters. The van der Waals surface area contributed by atoms with Crippen molar-refractivity contribution in [1.82, 2.24) is 0 Å². The Balaban J connectivity index is 2.23. The normalized spacial score (nSPS) is 18.2. The fourth-order valence-corrected chi connectivity index (χ4v) is 2.97. The lowest BCUT2D eigenvalue weighted by atomic mass is 9.74. The van der Waals surface area contributed by atoms with Crippen molar-refractivity contribution < 1.29 is 14.2 Å². The number of benzene rings is 1. The number of aryl methyl sites for hydroxylation is 1. The molecule has 20 heavy (non-hydrogen) atoms. The summed E-state index contributed by atoms with van der Waals surface area (Å²) in [5.74, 6) is 1.47. The predicted molar refractivity (Wildman–Crippen MR) is 79.4 cm³/mol. The maximum absolute atomic E-state index is 6.41. The van der Waals surface area contributed by atoms with E-state index in [1.165, 1.54) is 6.42 Å². The molecule has 0 saturated heterocycles. The van der Waals surface area contributed by atoms with Crippen LogP contribution in [-0.4, -0.2) is 26.9 Å². The lowest BCUT2D eigenvalue weighted by molar-refractivity contribution is -0.0817. The van der Waals surface area contributed by atoms with Crippen LogP contribution < -0.4 is 15.2 Å². The lowest BCUT2D eigenvalue weighted by Gasteiger charge is -2.42. The van der Waals surface area contributed by atoms with E-state index in [1.54, 1.807) is 21.3 Å². The van der Waals surface area contributed by atoms with Crippen LogP contribution in [0, 0.1) is 6.92 Å². The third kappa shape index (κ3) is 2.76. The Labute approximate surface area is 121 Å². The molecule has 4 nitrogen and oxygen atoms in total. The molecule has 4 heteroatoms. The summed E-state index contributed by atoms with van der Waals surface area (Å²) < 4.78 is 16.4. The summed E-state index contributed by atoms with van der Waals surface area (Å²) in [5.41, 5.74) is 8.61. The minimum absolute atomic E-state index is 0.0288. The van der Waals surface area contributed by atoms with Crippen LogP contribution in [0.2, 0.25) is 0 Å². The van der Waals surface area contributed by atoms with Crippen molar-refractivity contribution in [3.8, 4) is 11.5 Å². The molecule has 0 heterocycles. The minimum atomic E-state index is -0.0462. The Morgan fingerprint density at radius 3 is 2.20 bits per heavy atom. The summed E-state index contributed by atoms with van der Waals surface area (Å²) in [6.45, 7) is 2.05. The van der Waals surface area contributed by atoms with Gasteiger partial charge in [0.1, 0.15) is 0 Å². The first-order valence-corrected chi connectivity index (χ1v) is 7.08. The average Bonchev–Trinajstić information content (AvgIpc) is 2.42. The Kier molecular flexibility index (Phi) is 4.55. The van der Waals surface area contributed by atoms with Gasteiger partial charge in [-0.15, -0.1) is 0 Å². The molecule has 1 atom stereocenters. The third-order valence-corrected chi connectivity index (χ3v) is 4.46. The van der Waals surface area contributed by atoms with E-state index in [1.807, 2.05) is 12.1 Å². The fourth-order valence-electron chi connectivity index (χ4n) is 2.97. The van der Waals surface area contributed by atoms with Gasteiger partial charge in [0.05, 0.1) is 19.8 Å². The molecule has 2 N–H and O–H groups in total. The molecule has 0 aliphatic heterocycles. The van der Waals surface area contributed by atoms with E-state index >= 15 is 0 Å². The largest absolute Gasteiger partial charge is 0.493 e. The first-order chi connectivity index (χ1) is 9.55. The van der Waals surface area contributed by atoms with Crippen LogP contribution in [0.4, 0.5) is 0 Å². The van der Waals surface area contributed by atoms with Gasteiger partial charge in [-0.2, -0.15) is 0 Å². The molecule has 1 fully saturated rings. The van der Waals surface area contributed by atoms with Crippen molar-refractivity contribution in [3.63, 3.8) is 0 Å². The second-order valence-electron chi connectivity index (χ2n) is 5.62. The Hall–Kier alpha value is -1.26. The zero-order valence-electron chi connectivity index (χ0n) is 12.9. The van der Waals surface area contributed by atoms with E-state index in [0.29, 0.717) is 0 Å². The monoisotopic (exact) mass is 279 g/mol. The summed E-state index contributed by atoms with van der Waals surface area (Å²) in [5, 5.41) is 0. The third-order valence-electron chi connectivity index (χ3n) is 4.46. The second kappa shape index (κ2) is 6.02. The van der Waals surface area contributed by atoms with Gasteiger partial charge in [0, 0.05) is 13.2 Å². The zero-order chi connectivity index (χ0) is 14.8. The number of ether oxygens (including phenoxy) is 3. The van der Waals surface area contributed by atoms with E-state index in [4.69, 9.17) is 19.9 Å². The van der Waals surface area contributed by atoms with E-state index < -0.39 is 0 Å². The van der Waals surface area contributed by atoms with E-state index in [0.717, 1.165) is 41.9 Å². The molecular weight excluding hydrogens is 254 g/mol. The van der Waals surface area contributed by atoms with E-state index in [2.05, 4.69) is 6.92 Å². The highest BCUT2D eigenvalue weighted by Gasteiger charge is 2.38. The molecule has 1 aliphatic rings. The Bertz CT molecular complexity index is 464. The molecule has 1 aliphatic carbocycles. The molecule has 0 amide bonds. The molecule has 1 saturated carbocycles. The van der Waals surface area contributed by atoms with Crippen molar-refractivity contribution in [2.24, 2.45) is 5.73 Å². The average molecular weight is 279 g/mol. The Morgan fingerprint density at radius 1 is 1.15 bits per heavy atom. The number of nitrogens with two attached hydrogens (primary N) is 1. The van der Waals surface area contributed by atoms with Crippen LogP contribution >= 0.6 is 0 Å². The van der Waals surface area contributed by atoms with E-state index in [9.17, 15) is 0 Å². The minimum Gasteiger partial charge on any atom is -0.493 e. The summed E-state index contributed by atoms with van der Waals surface area (Å²) in [7, 11) is 5.07. The first kappa shape index (κ1) is 15.1. The van der Waals surface area contributed by atoms with Gasteiger partial charge >= 0.3 is 0 Å². The van der Waals surface area contributed by atoms with Gasteiger partial charge in [-0.25, -0.2) is 0 Å². The van der Waals surface area contributed by atoms with Crippen molar-refractivity contribution in [2.75, 3.05) is 21.3 Å². The lowest BCUT2D eigenvalue weighted by Crippen LogP contribution is -2.42. The summed E-state index contributed by atoms with van der Waals surface area (Å²) in [4.78, 5) is 0. The number of hydrogen-bond donors (Lipinski definition) is 1. The zero-order valence-corrected chi connectivity index (χ0v) is 12.9. The Morgan fingerprint density at radius 2 is 1.75 bits per heavy atom. The van der Waals surface area contributed by atoms with E-state index in [-0.39, 0.29) is 11.6 Å². The van der Waals surface area contributed by atoms with Crippen LogP contribution in [0.3, 0.4) is 0 Å². The SMILES string of the molecule is COc1cc(C)c(C(N)CC2(OC)CCC2)cc1OC. The highest BCUT2D eigenvalue weighted by molar-refractivity contribution is 5.48. The fraction of sp³-hybridized carbons (Fsp3) is 0.625. The van der Waals surface area contributed by atoms with Crippen LogP contribution in [0.1, 0.15) is 42.9 Å². The van der Waals surface area contributed by atoms with Gasteiger partial charge in [-0.05, 0) is 55.9 Å². The highest BCUT2D eigenvalue weighted by Crippen LogP contribution is 2.42. The van der Waals surface area contributed by atoms with Crippen molar-refractivity contribution in [2.45, 2.75) is 44.2 Å². The van der Waals surface area contributed by atoms with Crippen molar-refractivity contribution in [1.29, 1.82) is 0 Å². The molecular formula is C16H25NO3. The molecule has 0 spiro atoms. The second-order valence-corrected chi connectivity index (χ2v) is 5.62. The van der Waals surface area contributed by atoms with Crippen molar-refractivity contribution in [3.05, 3.63) is 23.3 Å². The topological polar surface area (TPSA) is 53.7 Å². The maximum Gasteiger partial charge on any atom is 0.161 e. The van der Waals surface area contributed by atoms with Gasteiger partial charge in [0.2, 0.25) is 0 Å². The smallest absolute Gasteiger partial charge is 0.161 e. The van der Waals surface area contributed by atoms with Crippen LogP contribution in [-0.2, 0) is 4.74 Å². The molecule has 0 radical (unpaired) electrons. The molecule has 1 aromatic rings. The van der Waals surface area contributed by atoms with Gasteiger partial charge in [0.25, 0.3) is 0 Å². The van der Waals surface area contributed by atoms with Crippen LogP contribution in [0.25, 0.3) is 0 Å². The molecule has 2 rings (SSSR count). The quantitative estimate of drug-likeness (QED) is 0.870.